The first-order valence-corrected chi connectivity index (χ1v) is 6.17. The Morgan fingerprint density at radius 3 is 2.61 bits per heavy atom. The standard InChI is InChI=1S/C14H16ClNO2/c1-8-12(18-13(17)14(2,3)4)10-7-9(15)5-6-11(10)16-8/h5-7,16H,1-4H3. The fourth-order valence-corrected chi connectivity index (χ4v) is 1.82. The Morgan fingerprint density at radius 2 is 2.00 bits per heavy atom. The molecule has 1 aromatic heterocycles. The lowest BCUT2D eigenvalue weighted by molar-refractivity contribution is -0.142. The van der Waals surface area contributed by atoms with E-state index in [0.29, 0.717) is 10.8 Å². The highest BCUT2D eigenvalue weighted by molar-refractivity contribution is 6.31. The van der Waals surface area contributed by atoms with E-state index >= 15 is 0 Å². The van der Waals surface area contributed by atoms with Gasteiger partial charge in [-0.15, -0.1) is 0 Å². The number of fused-ring (bicyclic) bond motifs is 1. The van der Waals surface area contributed by atoms with Crippen molar-refractivity contribution in [1.29, 1.82) is 0 Å². The van der Waals surface area contributed by atoms with Gasteiger partial charge in [-0.2, -0.15) is 0 Å². The number of hydrogen-bond donors (Lipinski definition) is 1. The van der Waals surface area contributed by atoms with Crippen LogP contribution in [0.25, 0.3) is 10.9 Å². The Balaban J connectivity index is 2.47. The van der Waals surface area contributed by atoms with Crippen molar-refractivity contribution in [2.75, 3.05) is 0 Å². The molecule has 1 aromatic carbocycles. The molecule has 0 fully saturated rings. The van der Waals surface area contributed by atoms with Crippen molar-refractivity contribution in [3.8, 4) is 5.75 Å². The lowest BCUT2D eigenvalue weighted by Gasteiger charge is -2.16. The number of ether oxygens (including phenoxy) is 1. The molecule has 0 aliphatic carbocycles. The topological polar surface area (TPSA) is 42.1 Å². The Labute approximate surface area is 111 Å². The van der Waals surface area contributed by atoms with E-state index in [2.05, 4.69) is 4.98 Å². The number of nitrogens with one attached hydrogen (secondary N) is 1. The third-order valence-electron chi connectivity index (χ3n) is 2.70. The van der Waals surface area contributed by atoms with Crippen LogP contribution in [-0.4, -0.2) is 11.0 Å². The summed E-state index contributed by atoms with van der Waals surface area (Å²) in [5, 5.41) is 1.45. The van der Waals surface area contributed by atoms with Gasteiger partial charge in [0.15, 0.2) is 5.75 Å². The predicted octanol–water partition coefficient (Wildman–Crippen LogP) is 4.08. The third kappa shape index (κ3) is 2.36. The molecule has 96 valence electrons. The van der Waals surface area contributed by atoms with Gasteiger partial charge in [-0.05, 0) is 45.9 Å². The summed E-state index contributed by atoms with van der Waals surface area (Å²) in [5.74, 6) is 0.305. The summed E-state index contributed by atoms with van der Waals surface area (Å²) in [6.07, 6.45) is 0. The number of benzene rings is 1. The maximum atomic E-state index is 11.9. The van der Waals surface area contributed by atoms with Gasteiger partial charge in [-0.25, -0.2) is 0 Å². The number of hydrogen-bond acceptors (Lipinski definition) is 2. The van der Waals surface area contributed by atoms with Gasteiger partial charge in [0.25, 0.3) is 0 Å². The molecule has 2 aromatic rings. The van der Waals surface area contributed by atoms with Gasteiger partial charge < -0.3 is 9.72 Å². The Bertz CT molecular complexity index is 608. The van der Waals surface area contributed by atoms with E-state index in [9.17, 15) is 4.79 Å². The zero-order valence-electron chi connectivity index (χ0n) is 10.9. The minimum Gasteiger partial charge on any atom is -0.424 e. The Kier molecular flexibility index (Phi) is 3.11. The van der Waals surface area contributed by atoms with Crippen molar-refractivity contribution in [3.63, 3.8) is 0 Å². The molecule has 1 N–H and O–H groups in total. The van der Waals surface area contributed by atoms with Crippen molar-refractivity contribution < 1.29 is 9.53 Å². The van der Waals surface area contributed by atoms with Crippen LogP contribution in [0.4, 0.5) is 0 Å². The average Bonchev–Trinajstić information content (AvgIpc) is 2.54. The molecule has 0 spiro atoms. The molecule has 0 atom stereocenters. The molecule has 0 amide bonds. The van der Waals surface area contributed by atoms with E-state index in [0.717, 1.165) is 16.6 Å². The van der Waals surface area contributed by atoms with Crippen LogP contribution in [0.2, 0.25) is 5.02 Å². The minimum absolute atomic E-state index is 0.258. The molecule has 0 aliphatic heterocycles. The molecular formula is C14H16ClNO2. The number of aromatic nitrogens is 1. The van der Waals surface area contributed by atoms with Gasteiger partial charge in [0.05, 0.1) is 11.1 Å². The molecule has 1 heterocycles. The van der Waals surface area contributed by atoms with Gasteiger partial charge in [0.2, 0.25) is 0 Å². The molecule has 2 rings (SSSR count). The second-order valence-electron chi connectivity index (χ2n) is 5.41. The van der Waals surface area contributed by atoms with E-state index in [-0.39, 0.29) is 5.97 Å². The van der Waals surface area contributed by atoms with E-state index in [1.165, 1.54) is 0 Å². The van der Waals surface area contributed by atoms with Crippen LogP contribution in [0, 0.1) is 12.3 Å². The van der Waals surface area contributed by atoms with Crippen LogP contribution in [0.3, 0.4) is 0 Å². The molecule has 18 heavy (non-hydrogen) atoms. The first kappa shape index (κ1) is 13.0. The van der Waals surface area contributed by atoms with Crippen molar-refractivity contribution in [2.24, 2.45) is 5.41 Å². The van der Waals surface area contributed by atoms with Crippen LogP contribution < -0.4 is 4.74 Å². The quantitative estimate of drug-likeness (QED) is 0.790. The summed E-state index contributed by atoms with van der Waals surface area (Å²) >= 11 is 5.97. The highest BCUT2D eigenvalue weighted by atomic mass is 35.5. The van der Waals surface area contributed by atoms with Gasteiger partial charge in [-0.3, -0.25) is 4.79 Å². The van der Waals surface area contributed by atoms with E-state index in [4.69, 9.17) is 16.3 Å². The maximum Gasteiger partial charge on any atom is 0.316 e. The first-order chi connectivity index (χ1) is 8.29. The molecule has 0 saturated heterocycles. The van der Waals surface area contributed by atoms with Crippen LogP contribution in [0.15, 0.2) is 18.2 Å². The zero-order chi connectivity index (χ0) is 13.5. The number of H-pyrrole nitrogens is 1. The summed E-state index contributed by atoms with van der Waals surface area (Å²) < 4.78 is 5.49. The van der Waals surface area contributed by atoms with Crippen LogP contribution in [0.5, 0.6) is 5.75 Å². The number of esters is 1. The molecule has 4 heteroatoms. The highest BCUT2D eigenvalue weighted by Gasteiger charge is 2.25. The van der Waals surface area contributed by atoms with E-state index in [1.54, 1.807) is 12.1 Å². The number of halogens is 1. The minimum atomic E-state index is -0.533. The summed E-state index contributed by atoms with van der Waals surface area (Å²) in [7, 11) is 0. The molecule has 0 radical (unpaired) electrons. The second-order valence-corrected chi connectivity index (χ2v) is 5.84. The van der Waals surface area contributed by atoms with Crippen LogP contribution in [0.1, 0.15) is 26.5 Å². The normalized spacial score (nSPS) is 11.8. The smallest absolute Gasteiger partial charge is 0.316 e. The fourth-order valence-electron chi connectivity index (χ4n) is 1.65. The zero-order valence-corrected chi connectivity index (χ0v) is 11.7. The van der Waals surface area contributed by atoms with E-state index in [1.807, 2.05) is 33.8 Å². The van der Waals surface area contributed by atoms with Gasteiger partial charge in [0.1, 0.15) is 0 Å². The number of aryl methyl sites for hydroxylation is 1. The fraction of sp³-hybridized carbons (Fsp3) is 0.357. The number of aromatic amines is 1. The lowest BCUT2D eigenvalue weighted by Crippen LogP contribution is -2.25. The van der Waals surface area contributed by atoms with Gasteiger partial charge in [-0.1, -0.05) is 11.6 Å². The van der Waals surface area contributed by atoms with Crippen molar-refractivity contribution in [2.45, 2.75) is 27.7 Å². The second kappa shape index (κ2) is 4.32. The Hall–Kier alpha value is -1.48. The molecule has 3 nitrogen and oxygen atoms in total. The number of rotatable bonds is 1. The summed E-state index contributed by atoms with van der Waals surface area (Å²) in [6, 6.07) is 5.47. The third-order valence-corrected chi connectivity index (χ3v) is 2.93. The van der Waals surface area contributed by atoms with Crippen LogP contribution in [-0.2, 0) is 4.79 Å². The summed E-state index contributed by atoms with van der Waals surface area (Å²) in [5.41, 5.74) is 1.20. The predicted molar refractivity (Wildman–Crippen MR) is 73.1 cm³/mol. The van der Waals surface area contributed by atoms with Gasteiger partial charge >= 0.3 is 5.97 Å². The summed E-state index contributed by atoms with van der Waals surface area (Å²) in [4.78, 5) is 15.1. The monoisotopic (exact) mass is 265 g/mol. The maximum absolute atomic E-state index is 11.9. The SMILES string of the molecule is Cc1[nH]c2ccc(Cl)cc2c1OC(=O)C(C)(C)C. The molecular weight excluding hydrogens is 250 g/mol. The van der Waals surface area contributed by atoms with Gasteiger partial charge in [0, 0.05) is 15.9 Å². The van der Waals surface area contributed by atoms with Crippen LogP contribution >= 0.6 is 11.6 Å². The molecule has 0 aliphatic rings. The lowest BCUT2D eigenvalue weighted by atomic mass is 9.97. The summed E-state index contributed by atoms with van der Waals surface area (Å²) in [6.45, 7) is 7.35. The van der Waals surface area contributed by atoms with E-state index < -0.39 is 5.41 Å². The van der Waals surface area contributed by atoms with Crippen molar-refractivity contribution in [1.82, 2.24) is 4.98 Å². The van der Waals surface area contributed by atoms with Crippen molar-refractivity contribution in [3.05, 3.63) is 28.9 Å². The van der Waals surface area contributed by atoms with Crippen molar-refractivity contribution >= 4 is 28.5 Å². The molecule has 0 bridgehead atoms. The highest BCUT2D eigenvalue weighted by Crippen LogP contribution is 2.33. The average molecular weight is 266 g/mol. The largest absolute Gasteiger partial charge is 0.424 e. The Morgan fingerprint density at radius 1 is 1.33 bits per heavy atom. The molecule has 0 unspecified atom stereocenters. The molecule has 0 saturated carbocycles. The number of carbonyl (C=O) groups excluding carboxylic acids is 1. The number of carbonyl (C=O) groups is 1. The first-order valence-electron chi connectivity index (χ1n) is 5.79.